The lowest BCUT2D eigenvalue weighted by Crippen LogP contribution is -2.48. The van der Waals surface area contributed by atoms with Crippen LogP contribution in [0.5, 0.6) is 0 Å². The molecule has 5 nitrogen and oxygen atoms in total. The standard InChI is InChI=1S/C30H34N4O/c1-24(2)34-28-17-10-9-16-27(28)33(30(34)35)19-11-18-31-20-22-32(23-21-31)29(25-12-5-3-6-13-25)26-14-7-4-8-15-26/h3-10,12-17,29H,1,11,18-23H2,2H3. The second kappa shape index (κ2) is 10.5. The molecule has 5 rings (SSSR count). The molecule has 0 spiro atoms. The molecule has 0 amide bonds. The largest absolute Gasteiger partial charge is 0.333 e. The first-order chi connectivity index (χ1) is 17.1. The molecule has 5 heteroatoms. The number of aromatic nitrogens is 2. The maximum Gasteiger partial charge on any atom is 0.333 e. The molecule has 0 bridgehead atoms. The summed E-state index contributed by atoms with van der Waals surface area (Å²) < 4.78 is 3.63. The minimum atomic E-state index is 0.0112. The Balaban J connectivity index is 1.23. The third-order valence-electron chi connectivity index (χ3n) is 7.08. The van der Waals surface area contributed by atoms with Gasteiger partial charge in [-0.1, -0.05) is 79.4 Å². The van der Waals surface area contributed by atoms with E-state index in [-0.39, 0.29) is 11.7 Å². The van der Waals surface area contributed by atoms with Crippen molar-refractivity contribution < 1.29 is 0 Å². The number of nitrogens with zero attached hydrogens (tertiary/aromatic N) is 4. The van der Waals surface area contributed by atoms with Crippen LogP contribution in [0.1, 0.15) is 30.5 Å². The van der Waals surface area contributed by atoms with Crippen LogP contribution < -0.4 is 5.69 Å². The molecule has 0 N–H and O–H groups in total. The van der Waals surface area contributed by atoms with Crippen LogP contribution in [-0.4, -0.2) is 51.7 Å². The number of piperazine rings is 1. The monoisotopic (exact) mass is 466 g/mol. The Bertz CT molecular complexity index is 1290. The van der Waals surface area contributed by atoms with Crippen molar-refractivity contribution in [2.45, 2.75) is 25.9 Å². The summed E-state index contributed by atoms with van der Waals surface area (Å²) in [6.45, 7) is 11.7. The van der Waals surface area contributed by atoms with E-state index in [0.29, 0.717) is 0 Å². The van der Waals surface area contributed by atoms with Gasteiger partial charge >= 0.3 is 5.69 Å². The van der Waals surface area contributed by atoms with Crippen LogP contribution in [0.3, 0.4) is 0 Å². The lowest BCUT2D eigenvalue weighted by atomic mass is 9.96. The molecule has 3 aromatic carbocycles. The number of rotatable bonds is 8. The third kappa shape index (κ3) is 4.88. The molecule has 1 saturated heterocycles. The fourth-order valence-electron chi connectivity index (χ4n) is 5.38. The van der Waals surface area contributed by atoms with Gasteiger partial charge in [-0.2, -0.15) is 0 Å². The zero-order valence-corrected chi connectivity index (χ0v) is 20.5. The number of fused-ring (bicyclic) bond motifs is 1. The quantitative estimate of drug-likeness (QED) is 0.363. The summed E-state index contributed by atoms with van der Waals surface area (Å²) in [6.07, 6.45) is 0.949. The van der Waals surface area contributed by atoms with Crippen LogP contribution in [0.2, 0.25) is 0 Å². The second-order valence-corrected chi connectivity index (χ2v) is 9.45. The summed E-state index contributed by atoms with van der Waals surface area (Å²) in [4.78, 5) is 18.2. The molecule has 0 radical (unpaired) electrons. The Hall–Kier alpha value is -3.41. The van der Waals surface area contributed by atoms with E-state index in [1.165, 1.54) is 11.1 Å². The number of benzene rings is 3. The number of para-hydroxylation sites is 2. The minimum Gasteiger partial charge on any atom is -0.301 e. The molecule has 4 aromatic rings. The normalized spacial score (nSPS) is 15.1. The molecule has 2 heterocycles. The number of hydrogen-bond donors (Lipinski definition) is 0. The molecule has 180 valence electrons. The molecule has 1 aromatic heterocycles. The van der Waals surface area contributed by atoms with Gasteiger partial charge in [0.25, 0.3) is 0 Å². The van der Waals surface area contributed by atoms with E-state index in [0.717, 1.165) is 62.4 Å². The molecule has 0 atom stereocenters. The van der Waals surface area contributed by atoms with Crippen LogP contribution in [0.15, 0.2) is 96.3 Å². The highest BCUT2D eigenvalue weighted by Crippen LogP contribution is 2.29. The number of allylic oxidation sites excluding steroid dienone is 1. The Kier molecular flexibility index (Phi) is 6.98. The van der Waals surface area contributed by atoms with Crippen LogP contribution >= 0.6 is 0 Å². The average Bonchev–Trinajstić information content (AvgIpc) is 3.18. The SMILES string of the molecule is C=C(C)n1c(=O)n(CCCN2CCN(C(c3ccccc3)c3ccccc3)CC2)c2ccccc21. The predicted octanol–water partition coefficient (Wildman–Crippen LogP) is 5.09. The summed E-state index contributed by atoms with van der Waals surface area (Å²) in [6, 6.07) is 29.9. The van der Waals surface area contributed by atoms with Crippen LogP contribution in [-0.2, 0) is 6.54 Å². The smallest absolute Gasteiger partial charge is 0.301 e. The van der Waals surface area contributed by atoms with E-state index in [4.69, 9.17) is 0 Å². The van der Waals surface area contributed by atoms with E-state index in [2.05, 4.69) is 77.0 Å². The first-order valence-corrected chi connectivity index (χ1v) is 12.6. The van der Waals surface area contributed by atoms with E-state index in [9.17, 15) is 4.79 Å². The van der Waals surface area contributed by atoms with Crippen molar-refractivity contribution in [2.75, 3.05) is 32.7 Å². The summed E-state index contributed by atoms with van der Waals surface area (Å²) in [7, 11) is 0. The highest BCUT2D eigenvalue weighted by atomic mass is 16.1. The van der Waals surface area contributed by atoms with Gasteiger partial charge in [0, 0.05) is 38.4 Å². The van der Waals surface area contributed by atoms with E-state index in [1.54, 1.807) is 4.57 Å². The lowest BCUT2D eigenvalue weighted by Gasteiger charge is -2.39. The van der Waals surface area contributed by atoms with Crippen molar-refractivity contribution in [1.82, 2.24) is 18.9 Å². The van der Waals surface area contributed by atoms with Gasteiger partial charge in [-0.25, -0.2) is 4.79 Å². The topological polar surface area (TPSA) is 33.4 Å². The van der Waals surface area contributed by atoms with E-state index < -0.39 is 0 Å². The van der Waals surface area contributed by atoms with Crippen molar-refractivity contribution in [3.8, 4) is 0 Å². The van der Waals surface area contributed by atoms with Crippen LogP contribution in [0.4, 0.5) is 0 Å². The van der Waals surface area contributed by atoms with Gasteiger partial charge in [-0.05, 0) is 43.1 Å². The van der Waals surface area contributed by atoms with Crippen molar-refractivity contribution in [2.24, 2.45) is 0 Å². The summed E-state index contributed by atoms with van der Waals surface area (Å²) in [5.41, 5.74) is 5.38. The minimum absolute atomic E-state index is 0.0112. The van der Waals surface area contributed by atoms with Gasteiger partial charge in [-0.3, -0.25) is 14.0 Å². The first kappa shape index (κ1) is 23.3. The predicted molar refractivity (Wildman–Crippen MR) is 145 cm³/mol. The van der Waals surface area contributed by atoms with Crippen molar-refractivity contribution in [1.29, 1.82) is 0 Å². The first-order valence-electron chi connectivity index (χ1n) is 12.6. The Morgan fingerprint density at radius 2 is 1.31 bits per heavy atom. The van der Waals surface area contributed by atoms with Gasteiger partial charge in [-0.15, -0.1) is 0 Å². The summed E-state index contributed by atoms with van der Waals surface area (Å²) >= 11 is 0. The number of aryl methyl sites for hydroxylation is 1. The molecule has 1 aliphatic heterocycles. The molecular weight excluding hydrogens is 432 g/mol. The van der Waals surface area contributed by atoms with Gasteiger partial charge in [0.15, 0.2) is 0 Å². The molecule has 1 fully saturated rings. The molecule has 35 heavy (non-hydrogen) atoms. The highest BCUT2D eigenvalue weighted by molar-refractivity contribution is 5.79. The Labute approximate surface area is 207 Å². The molecule has 0 unspecified atom stereocenters. The zero-order chi connectivity index (χ0) is 24.2. The zero-order valence-electron chi connectivity index (χ0n) is 20.5. The number of imidazole rings is 1. The Morgan fingerprint density at radius 1 is 0.771 bits per heavy atom. The second-order valence-electron chi connectivity index (χ2n) is 9.45. The average molecular weight is 467 g/mol. The molecule has 0 saturated carbocycles. The van der Waals surface area contributed by atoms with Crippen molar-refractivity contribution >= 4 is 16.7 Å². The fourth-order valence-corrected chi connectivity index (χ4v) is 5.38. The van der Waals surface area contributed by atoms with E-state index >= 15 is 0 Å². The number of hydrogen-bond acceptors (Lipinski definition) is 3. The van der Waals surface area contributed by atoms with E-state index in [1.807, 2.05) is 35.8 Å². The van der Waals surface area contributed by atoms with Gasteiger partial charge in [0.1, 0.15) is 0 Å². The van der Waals surface area contributed by atoms with Gasteiger partial charge in [0.2, 0.25) is 0 Å². The van der Waals surface area contributed by atoms with Crippen molar-refractivity contribution in [3.05, 3.63) is 113 Å². The molecule has 1 aliphatic rings. The third-order valence-corrected chi connectivity index (χ3v) is 7.08. The van der Waals surface area contributed by atoms with Crippen LogP contribution in [0.25, 0.3) is 16.7 Å². The van der Waals surface area contributed by atoms with Crippen LogP contribution in [0, 0.1) is 0 Å². The maximum absolute atomic E-state index is 13.0. The molecular formula is C30H34N4O. The maximum atomic E-state index is 13.0. The van der Waals surface area contributed by atoms with Crippen molar-refractivity contribution in [3.63, 3.8) is 0 Å². The van der Waals surface area contributed by atoms with Gasteiger partial charge in [0.05, 0.1) is 17.1 Å². The lowest BCUT2D eigenvalue weighted by molar-refractivity contribution is 0.108. The summed E-state index contributed by atoms with van der Waals surface area (Å²) in [5, 5.41) is 0. The fraction of sp³-hybridized carbons (Fsp3) is 0.300. The van der Waals surface area contributed by atoms with Gasteiger partial charge < -0.3 is 4.90 Å². The highest BCUT2D eigenvalue weighted by Gasteiger charge is 2.26. The summed E-state index contributed by atoms with van der Waals surface area (Å²) in [5.74, 6) is 0. The molecule has 0 aliphatic carbocycles. The Morgan fingerprint density at radius 3 is 1.89 bits per heavy atom.